The molecule has 0 heterocycles. The molecule has 5 nitrogen and oxygen atoms in total. The molecule has 0 spiro atoms. The fourth-order valence-corrected chi connectivity index (χ4v) is 8.89. The first-order valence-electron chi connectivity index (χ1n) is 30.6. The van der Waals surface area contributed by atoms with E-state index in [0.717, 1.165) is 83.5 Å². The highest BCUT2D eigenvalue weighted by Gasteiger charge is 2.16. The lowest BCUT2D eigenvalue weighted by Crippen LogP contribution is -2.28. The Morgan fingerprint density at radius 2 is 0.606 bits per heavy atom. The second kappa shape index (κ2) is 61.4. The summed E-state index contributed by atoms with van der Waals surface area (Å²) >= 11 is 0. The topological polar surface area (TPSA) is 72.8 Å². The number of esters is 2. The van der Waals surface area contributed by atoms with E-state index in [1.807, 2.05) is 0 Å². The van der Waals surface area contributed by atoms with Gasteiger partial charge >= 0.3 is 11.9 Å². The van der Waals surface area contributed by atoms with E-state index in [-0.39, 0.29) is 25.2 Å². The number of unbranched alkanes of at least 4 members (excludes halogenated alkanes) is 34. The number of carbonyl (C=O) groups excluding carboxylic acids is 2. The van der Waals surface area contributed by atoms with Gasteiger partial charge in [0.1, 0.15) is 6.61 Å². The molecular formula is C66H116O5. The van der Waals surface area contributed by atoms with Crippen LogP contribution in [0.5, 0.6) is 0 Å². The SMILES string of the molecule is CC/C=C\C/C=C\C/C=C\C/C=C\C/C=C\C/C=C\C/C=C\CCCCCCCCCCCCCCCC(=O)OC(CO)COC(=O)CCCCCCCCCCCCCCCCCCCCCCCC. The molecule has 0 aromatic rings. The van der Waals surface area contributed by atoms with Gasteiger partial charge in [0.25, 0.3) is 0 Å². The highest BCUT2D eigenvalue weighted by molar-refractivity contribution is 5.70. The first-order valence-corrected chi connectivity index (χ1v) is 30.6. The first kappa shape index (κ1) is 68.1. The zero-order chi connectivity index (χ0) is 51.3. The van der Waals surface area contributed by atoms with Crippen LogP contribution in [0.25, 0.3) is 0 Å². The lowest BCUT2D eigenvalue weighted by Gasteiger charge is -2.15. The Morgan fingerprint density at radius 1 is 0.338 bits per heavy atom. The fraction of sp³-hybridized carbons (Fsp3) is 0.758. The molecule has 0 aromatic heterocycles. The summed E-state index contributed by atoms with van der Waals surface area (Å²) in [5, 5.41) is 9.67. The van der Waals surface area contributed by atoms with Gasteiger partial charge in [-0.25, -0.2) is 0 Å². The predicted octanol–water partition coefficient (Wildman–Crippen LogP) is 20.9. The van der Waals surface area contributed by atoms with Crippen LogP contribution in [0.1, 0.15) is 303 Å². The minimum absolute atomic E-state index is 0.0647. The van der Waals surface area contributed by atoms with E-state index in [9.17, 15) is 14.7 Å². The van der Waals surface area contributed by atoms with Crippen molar-refractivity contribution in [1.82, 2.24) is 0 Å². The Balaban J connectivity index is 3.48. The molecule has 0 radical (unpaired) electrons. The molecule has 0 aliphatic rings. The molecule has 0 saturated heterocycles. The van der Waals surface area contributed by atoms with Crippen molar-refractivity contribution in [2.24, 2.45) is 0 Å². The van der Waals surface area contributed by atoms with Crippen molar-refractivity contribution >= 4 is 11.9 Å². The molecule has 0 aromatic carbocycles. The van der Waals surface area contributed by atoms with Gasteiger partial charge in [-0.15, -0.1) is 0 Å². The summed E-state index contributed by atoms with van der Waals surface area (Å²) in [5.41, 5.74) is 0. The summed E-state index contributed by atoms with van der Waals surface area (Å²) < 4.78 is 10.7. The summed E-state index contributed by atoms with van der Waals surface area (Å²) in [6, 6.07) is 0. The third-order valence-corrected chi connectivity index (χ3v) is 13.5. The van der Waals surface area contributed by atoms with Gasteiger partial charge in [0.15, 0.2) is 6.10 Å². The normalized spacial score (nSPS) is 12.8. The van der Waals surface area contributed by atoms with Crippen molar-refractivity contribution in [2.45, 2.75) is 309 Å². The van der Waals surface area contributed by atoms with Gasteiger partial charge in [-0.3, -0.25) is 9.59 Å². The van der Waals surface area contributed by atoms with Gasteiger partial charge in [0.2, 0.25) is 0 Å². The Labute approximate surface area is 441 Å². The van der Waals surface area contributed by atoms with Crippen LogP contribution in [0.4, 0.5) is 0 Å². The highest BCUT2D eigenvalue weighted by Crippen LogP contribution is 2.17. The van der Waals surface area contributed by atoms with Gasteiger partial charge in [0, 0.05) is 12.8 Å². The number of rotatable bonds is 56. The van der Waals surface area contributed by atoms with Gasteiger partial charge in [-0.05, 0) is 70.6 Å². The Bertz CT molecular complexity index is 1300. The number of allylic oxidation sites excluding steroid dienone is 14. The number of aliphatic hydroxyl groups excluding tert-OH is 1. The molecular weight excluding hydrogens is 873 g/mol. The average molecular weight is 990 g/mol. The molecule has 0 aliphatic carbocycles. The van der Waals surface area contributed by atoms with Crippen molar-refractivity contribution in [3.8, 4) is 0 Å². The van der Waals surface area contributed by atoms with Gasteiger partial charge in [-0.2, -0.15) is 0 Å². The highest BCUT2D eigenvalue weighted by atomic mass is 16.6. The minimum atomic E-state index is -0.775. The van der Waals surface area contributed by atoms with Gasteiger partial charge < -0.3 is 14.6 Å². The monoisotopic (exact) mass is 989 g/mol. The molecule has 5 heteroatoms. The molecule has 0 aliphatic heterocycles. The second-order valence-electron chi connectivity index (χ2n) is 20.4. The standard InChI is InChI=1S/C66H116O5/c1-3-5-7-9-11-13-15-17-19-21-23-25-27-28-29-30-31-32-33-34-35-36-37-38-39-41-43-45-47-49-51-53-55-57-59-61-66(69)71-64(62-67)63-70-65(68)60-58-56-54-52-50-48-46-44-42-40-26-24-22-20-18-16-14-12-10-8-6-4-2/h5,7,11,13,17,19,23,25,28-29,31-32,34-35,64,67H,3-4,6,8-10,12,14-16,18,20-22,24,26-27,30,33,36-63H2,1-2H3/b7-5-,13-11-,19-17-,25-23-,29-28-,32-31-,35-34-. The number of carbonyl (C=O) groups is 2. The average Bonchev–Trinajstić information content (AvgIpc) is 3.37. The van der Waals surface area contributed by atoms with E-state index in [1.165, 1.54) is 193 Å². The predicted molar refractivity (Wildman–Crippen MR) is 311 cm³/mol. The van der Waals surface area contributed by atoms with Crippen LogP contribution >= 0.6 is 0 Å². The summed E-state index contributed by atoms with van der Waals surface area (Å²) in [6.45, 7) is 4.06. The molecule has 410 valence electrons. The summed E-state index contributed by atoms with van der Waals surface area (Å²) in [6.07, 6.45) is 85.7. The smallest absolute Gasteiger partial charge is 0.306 e. The van der Waals surface area contributed by atoms with E-state index in [4.69, 9.17) is 9.47 Å². The molecule has 0 bridgehead atoms. The lowest BCUT2D eigenvalue weighted by atomic mass is 10.0. The van der Waals surface area contributed by atoms with Crippen LogP contribution < -0.4 is 0 Å². The van der Waals surface area contributed by atoms with Gasteiger partial charge in [0.05, 0.1) is 6.61 Å². The molecule has 1 unspecified atom stereocenters. The molecule has 0 saturated carbocycles. The quantitative estimate of drug-likeness (QED) is 0.0373. The van der Waals surface area contributed by atoms with E-state index < -0.39 is 6.10 Å². The summed E-state index contributed by atoms with van der Waals surface area (Å²) in [7, 11) is 0. The Kier molecular flexibility index (Phi) is 58.9. The van der Waals surface area contributed by atoms with Crippen LogP contribution in [-0.2, 0) is 19.1 Å². The summed E-state index contributed by atoms with van der Waals surface area (Å²) in [5.74, 6) is -0.580. The maximum atomic E-state index is 12.3. The molecule has 71 heavy (non-hydrogen) atoms. The number of hydrogen-bond donors (Lipinski definition) is 1. The van der Waals surface area contributed by atoms with E-state index in [0.29, 0.717) is 12.8 Å². The molecule has 0 rings (SSSR count). The third-order valence-electron chi connectivity index (χ3n) is 13.5. The van der Waals surface area contributed by atoms with Crippen molar-refractivity contribution in [3.05, 3.63) is 85.1 Å². The molecule has 0 fully saturated rings. The zero-order valence-corrected chi connectivity index (χ0v) is 47.0. The lowest BCUT2D eigenvalue weighted by molar-refractivity contribution is -0.161. The van der Waals surface area contributed by atoms with Crippen molar-refractivity contribution < 1.29 is 24.2 Å². The molecule has 1 N–H and O–H groups in total. The van der Waals surface area contributed by atoms with Crippen LogP contribution in [-0.4, -0.2) is 36.4 Å². The van der Waals surface area contributed by atoms with E-state index in [1.54, 1.807) is 0 Å². The number of aliphatic hydroxyl groups is 1. The maximum absolute atomic E-state index is 12.3. The zero-order valence-electron chi connectivity index (χ0n) is 47.0. The minimum Gasteiger partial charge on any atom is -0.462 e. The van der Waals surface area contributed by atoms with Crippen LogP contribution in [0.2, 0.25) is 0 Å². The first-order chi connectivity index (χ1) is 35.1. The van der Waals surface area contributed by atoms with Crippen molar-refractivity contribution in [2.75, 3.05) is 13.2 Å². The van der Waals surface area contributed by atoms with Crippen LogP contribution in [0.15, 0.2) is 85.1 Å². The van der Waals surface area contributed by atoms with Crippen molar-refractivity contribution in [1.29, 1.82) is 0 Å². The fourth-order valence-electron chi connectivity index (χ4n) is 8.89. The number of ether oxygens (including phenoxy) is 2. The Hall–Kier alpha value is -2.92. The van der Waals surface area contributed by atoms with E-state index >= 15 is 0 Å². The summed E-state index contributed by atoms with van der Waals surface area (Å²) in [4.78, 5) is 24.6. The largest absolute Gasteiger partial charge is 0.462 e. The number of hydrogen-bond acceptors (Lipinski definition) is 5. The molecule has 0 amide bonds. The van der Waals surface area contributed by atoms with Gasteiger partial charge in [-0.1, -0.05) is 304 Å². The van der Waals surface area contributed by atoms with Crippen LogP contribution in [0.3, 0.4) is 0 Å². The molecule has 1 atom stereocenters. The third kappa shape index (κ3) is 59.5. The second-order valence-corrected chi connectivity index (χ2v) is 20.4. The maximum Gasteiger partial charge on any atom is 0.306 e. The van der Waals surface area contributed by atoms with Crippen molar-refractivity contribution in [3.63, 3.8) is 0 Å². The van der Waals surface area contributed by atoms with E-state index in [2.05, 4.69) is 98.9 Å². The Morgan fingerprint density at radius 3 is 0.915 bits per heavy atom. The van der Waals surface area contributed by atoms with Crippen LogP contribution in [0, 0.1) is 0 Å².